The van der Waals surface area contributed by atoms with Gasteiger partial charge in [-0.15, -0.1) is 0 Å². The summed E-state index contributed by atoms with van der Waals surface area (Å²) < 4.78 is 17.4. The fourth-order valence-corrected chi connectivity index (χ4v) is 5.08. The summed E-state index contributed by atoms with van der Waals surface area (Å²) in [6.07, 6.45) is 3.47. The summed E-state index contributed by atoms with van der Waals surface area (Å²) in [5.41, 5.74) is 11.2. The number of nitrogens with two attached hydrogens (primary N) is 1. The molecule has 5 rings (SSSR count). The largest absolute Gasteiger partial charge is 0.489 e. The molecule has 7 nitrogen and oxygen atoms in total. The van der Waals surface area contributed by atoms with Crippen LogP contribution in [-0.2, 0) is 27.5 Å². The fraction of sp³-hybridized carbons (Fsp3) is 0.312. The van der Waals surface area contributed by atoms with Gasteiger partial charge >= 0.3 is 5.97 Å². The average molecular weight is 527 g/mol. The Balaban J connectivity index is 1.42. The molecule has 0 spiro atoms. The van der Waals surface area contributed by atoms with Crippen LogP contribution in [-0.4, -0.2) is 18.5 Å². The molecule has 202 valence electrons. The summed E-state index contributed by atoms with van der Waals surface area (Å²) in [4.78, 5) is 25.9. The van der Waals surface area contributed by atoms with Gasteiger partial charge in [-0.2, -0.15) is 0 Å². The first-order valence-corrected chi connectivity index (χ1v) is 13.5. The van der Waals surface area contributed by atoms with E-state index < -0.39 is 12.0 Å². The van der Waals surface area contributed by atoms with Crippen LogP contribution in [0.15, 0.2) is 77.4 Å². The van der Waals surface area contributed by atoms with Gasteiger partial charge in [0.1, 0.15) is 17.9 Å². The number of rotatable bonds is 11. The minimum Gasteiger partial charge on any atom is -0.489 e. The molecule has 0 radical (unpaired) electrons. The predicted molar refractivity (Wildman–Crippen MR) is 150 cm³/mol. The molecule has 3 N–H and O–H groups in total. The Hall–Kier alpha value is -4.10. The first-order valence-electron chi connectivity index (χ1n) is 13.5. The molecule has 3 aromatic carbocycles. The molecule has 1 unspecified atom stereocenters. The fourth-order valence-electron chi connectivity index (χ4n) is 5.08. The third kappa shape index (κ3) is 5.83. The highest BCUT2D eigenvalue weighted by Crippen LogP contribution is 2.42. The molecule has 1 aromatic heterocycles. The van der Waals surface area contributed by atoms with E-state index in [0.717, 1.165) is 46.1 Å². The first-order chi connectivity index (χ1) is 19.0. The van der Waals surface area contributed by atoms with Crippen LogP contribution in [0.5, 0.6) is 5.75 Å². The molecule has 0 saturated heterocycles. The number of amides is 1. The molecule has 4 aromatic rings. The maximum Gasteiger partial charge on any atom is 0.333 e. The van der Waals surface area contributed by atoms with E-state index in [9.17, 15) is 9.59 Å². The number of esters is 1. The van der Waals surface area contributed by atoms with Crippen molar-refractivity contribution >= 4 is 22.8 Å². The molecule has 1 amide bonds. The minimum atomic E-state index is -0.947. The SMILES string of the molecule is CCOC(=O)C(NC(=O)[C@@H]1C[C@H]1CC)c1ccccc1OCc1cc(-c2cccc(CN)c2)c2occc2c1. The van der Waals surface area contributed by atoms with E-state index in [2.05, 4.69) is 18.3 Å². The number of carbonyl (C=O) groups is 2. The number of fused-ring (bicyclic) bond motifs is 1. The summed E-state index contributed by atoms with van der Waals surface area (Å²) in [5, 5.41) is 3.89. The molecule has 1 aliphatic carbocycles. The maximum atomic E-state index is 13.0. The smallest absolute Gasteiger partial charge is 0.333 e. The van der Waals surface area contributed by atoms with Crippen molar-refractivity contribution in [1.29, 1.82) is 0 Å². The van der Waals surface area contributed by atoms with E-state index in [4.69, 9.17) is 19.6 Å². The van der Waals surface area contributed by atoms with Crippen molar-refractivity contribution < 1.29 is 23.5 Å². The molecule has 39 heavy (non-hydrogen) atoms. The highest BCUT2D eigenvalue weighted by atomic mass is 16.5. The summed E-state index contributed by atoms with van der Waals surface area (Å²) in [6.45, 7) is 4.75. The van der Waals surface area contributed by atoms with Gasteiger partial charge in [0.2, 0.25) is 5.91 Å². The summed E-state index contributed by atoms with van der Waals surface area (Å²) in [6, 6.07) is 20.4. The van der Waals surface area contributed by atoms with Crippen LogP contribution in [0.25, 0.3) is 22.1 Å². The maximum absolute atomic E-state index is 13.0. The zero-order valence-corrected chi connectivity index (χ0v) is 22.3. The Labute approximate surface area is 228 Å². The van der Waals surface area contributed by atoms with Crippen LogP contribution < -0.4 is 15.8 Å². The lowest BCUT2D eigenvalue weighted by Gasteiger charge is -2.21. The van der Waals surface area contributed by atoms with Crippen LogP contribution in [0, 0.1) is 11.8 Å². The molecule has 3 atom stereocenters. The number of ether oxygens (including phenoxy) is 2. The Bertz CT molecular complexity index is 1480. The lowest BCUT2D eigenvalue weighted by molar-refractivity contribution is -0.147. The highest BCUT2D eigenvalue weighted by Gasteiger charge is 2.43. The van der Waals surface area contributed by atoms with Crippen LogP contribution in [0.3, 0.4) is 0 Å². The number of hydrogen-bond donors (Lipinski definition) is 2. The molecule has 7 heteroatoms. The summed E-state index contributed by atoms with van der Waals surface area (Å²) in [7, 11) is 0. The first kappa shape index (κ1) is 26.5. The number of furan rings is 1. The molecular formula is C32H34N2O5. The van der Waals surface area contributed by atoms with Gasteiger partial charge in [-0.25, -0.2) is 4.79 Å². The molecule has 1 aliphatic rings. The van der Waals surface area contributed by atoms with Gasteiger partial charge in [0.15, 0.2) is 6.04 Å². The molecular weight excluding hydrogens is 492 g/mol. The number of carbonyl (C=O) groups excluding carboxylic acids is 2. The van der Waals surface area contributed by atoms with E-state index >= 15 is 0 Å². The van der Waals surface area contributed by atoms with Crippen molar-refractivity contribution in [3.63, 3.8) is 0 Å². The number of nitrogens with one attached hydrogen (secondary N) is 1. The lowest BCUT2D eigenvalue weighted by atomic mass is 9.99. The van der Waals surface area contributed by atoms with Gasteiger partial charge in [0, 0.05) is 29.0 Å². The van der Waals surface area contributed by atoms with Crippen molar-refractivity contribution in [3.05, 3.63) is 89.7 Å². The lowest BCUT2D eigenvalue weighted by Crippen LogP contribution is -2.36. The van der Waals surface area contributed by atoms with E-state index in [1.165, 1.54) is 0 Å². The third-order valence-electron chi connectivity index (χ3n) is 7.30. The van der Waals surface area contributed by atoms with Crippen LogP contribution in [0.1, 0.15) is 49.4 Å². The second-order valence-electron chi connectivity index (χ2n) is 9.92. The standard InChI is InChI=1S/C32H34N2O5/c1-3-22-17-27(22)31(35)34-29(32(36)37-4-2)25-10-5-6-11-28(25)39-19-21-15-24-12-13-38-30(24)26(16-21)23-9-7-8-20(14-23)18-33/h5-16,22,27,29H,3-4,17-19,33H2,1-2H3,(H,34,35)/t22-,27-,29?/m1/s1. The highest BCUT2D eigenvalue weighted by molar-refractivity contribution is 5.93. The van der Waals surface area contributed by atoms with E-state index in [1.807, 2.05) is 54.6 Å². The topological polar surface area (TPSA) is 104 Å². The van der Waals surface area contributed by atoms with Crippen molar-refractivity contribution in [1.82, 2.24) is 5.32 Å². The van der Waals surface area contributed by atoms with Crippen molar-refractivity contribution in [2.45, 2.75) is 45.9 Å². The Morgan fingerprint density at radius 2 is 1.90 bits per heavy atom. The second-order valence-corrected chi connectivity index (χ2v) is 9.92. The minimum absolute atomic E-state index is 0.0575. The third-order valence-corrected chi connectivity index (χ3v) is 7.30. The van der Waals surface area contributed by atoms with Crippen molar-refractivity contribution in [2.75, 3.05) is 6.61 Å². The monoisotopic (exact) mass is 526 g/mol. The van der Waals surface area contributed by atoms with Gasteiger partial charge in [-0.05, 0) is 66.3 Å². The molecule has 1 saturated carbocycles. The number of para-hydroxylation sites is 1. The number of hydrogen-bond acceptors (Lipinski definition) is 6. The van der Waals surface area contributed by atoms with E-state index in [0.29, 0.717) is 23.8 Å². The van der Waals surface area contributed by atoms with E-state index in [-0.39, 0.29) is 25.0 Å². The van der Waals surface area contributed by atoms with Gasteiger partial charge in [0.25, 0.3) is 0 Å². The normalized spacial score (nSPS) is 17.0. The van der Waals surface area contributed by atoms with Gasteiger partial charge in [-0.1, -0.05) is 49.7 Å². The Morgan fingerprint density at radius 1 is 1.05 bits per heavy atom. The zero-order valence-electron chi connectivity index (χ0n) is 22.3. The summed E-state index contributed by atoms with van der Waals surface area (Å²) in [5.74, 6) is 0.203. The quantitative estimate of drug-likeness (QED) is 0.236. The van der Waals surface area contributed by atoms with Crippen LogP contribution >= 0.6 is 0 Å². The molecule has 1 heterocycles. The van der Waals surface area contributed by atoms with E-state index in [1.54, 1.807) is 19.3 Å². The van der Waals surface area contributed by atoms with Crippen LogP contribution in [0.4, 0.5) is 0 Å². The van der Waals surface area contributed by atoms with Crippen molar-refractivity contribution in [3.8, 4) is 16.9 Å². The Morgan fingerprint density at radius 3 is 2.67 bits per heavy atom. The molecule has 0 aliphatic heterocycles. The van der Waals surface area contributed by atoms with Gasteiger partial charge in [0.05, 0.1) is 12.9 Å². The van der Waals surface area contributed by atoms with Crippen LogP contribution in [0.2, 0.25) is 0 Å². The molecule has 1 fully saturated rings. The number of benzene rings is 3. The Kier molecular flexibility index (Phi) is 7.98. The zero-order chi connectivity index (χ0) is 27.4. The predicted octanol–water partition coefficient (Wildman–Crippen LogP) is 5.90. The summed E-state index contributed by atoms with van der Waals surface area (Å²) >= 11 is 0. The second kappa shape index (κ2) is 11.7. The van der Waals surface area contributed by atoms with Gasteiger partial charge < -0.3 is 24.9 Å². The van der Waals surface area contributed by atoms with Gasteiger partial charge in [-0.3, -0.25) is 4.79 Å². The molecule has 0 bridgehead atoms. The average Bonchev–Trinajstić information content (AvgIpc) is 3.62. The van der Waals surface area contributed by atoms with Crippen molar-refractivity contribution in [2.24, 2.45) is 17.6 Å².